The Kier molecular flexibility index (Phi) is 13.5. The lowest BCUT2D eigenvalue weighted by Gasteiger charge is -2.53. The third-order valence-electron chi connectivity index (χ3n) is 12.8. The number of nitrogens with two attached hydrogens (primary N) is 1. The zero-order chi connectivity index (χ0) is 44.0. The number of aromatic hydroxyl groups is 1. The molecule has 0 aliphatic heterocycles. The molecule has 3 aromatic carbocycles. The number of benzene rings is 3. The molecular formula is C46H53ClN5O9P. The van der Waals surface area contributed by atoms with Crippen molar-refractivity contribution in [1.29, 1.82) is 0 Å². The van der Waals surface area contributed by atoms with Crippen molar-refractivity contribution in [3.05, 3.63) is 113 Å². The maximum absolute atomic E-state index is 14.3. The van der Waals surface area contributed by atoms with E-state index in [0.717, 1.165) is 31.8 Å². The van der Waals surface area contributed by atoms with Crippen LogP contribution in [0.1, 0.15) is 62.5 Å². The maximum atomic E-state index is 14.3. The molecule has 16 heteroatoms. The minimum absolute atomic E-state index is 0. The average molecular weight is 886 g/mol. The molecule has 0 spiro atoms. The number of Topliss-reactive ketones (excluding diaryl/α,β-unsaturated/α-hetero) is 2. The molecular weight excluding hydrogens is 833 g/mol. The maximum Gasteiger partial charge on any atom is 0.255 e. The molecule has 1 heterocycles. The van der Waals surface area contributed by atoms with Crippen molar-refractivity contribution in [2.24, 2.45) is 24.6 Å². The van der Waals surface area contributed by atoms with Crippen LogP contribution in [0.3, 0.4) is 0 Å². The van der Waals surface area contributed by atoms with Crippen LogP contribution in [0.5, 0.6) is 5.75 Å². The first-order chi connectivity index (χ1) is 29.1. The Morgan fingerprint density at radius 1 is 0.903 bits per heavy atom. The Bertz CT molecular complexity index is 2400. The monoisotopic (exact) mass is 885 g/mol. The van der Waals surface area contributed by atoms with Gasteiger partial charge in [-0.2, -0.15) is 5.10 Å². The smallest absolute Gasteiger partial charge is 0.255 e. The second-order valence-corrected chi connectivity index (χ2v) is 20.2. The van der Waals surface area contributed by atoms with Gasteiger partial charge >= 0.3 is 0 Å². The fourth-order valence-corrected chi connectivity index (χ4v) is 14.2. The minimum Gasteiger partial charge on any atom is -1.00 e. The lowest BCUT2D eigenvalue weighted by molar-refractivity contribution is -0.169. The molecule has 8 N–H and O–H groups in total. The number of carbonyl (C=O) groups is 4. The number of phenols is 1. The highest BCUT2D eigenvalue weighted by Crippen LogP contribution is 2.58. The number of hydrogen-bond donors (Lipinski definition) is 7. The summed E-state index contributed by atoms with van der Waals surface area (Å²) < 4.78 is 1.86. The molecule has 0 saturated heterocycles. The number of aliphatic hydroxyl groups excluding tert-OH is 3. The number of carbonyl (C=O) groups excluding carboxylic acids is 4. The predicted molar refractivity (Wildman–Crippen MR) is 233 cm³/mol. The minimum atomic E-state index is -3.01. The molecule has 7 rings (SSSR count). The van der Waals surface area contributed by atoms with E-state index < -0.39 is 88.7 Å². The molecule has 6 atom stereocenters. The number of rotatable bonds is 14. The molecule has 1 aromatic heterocycles. The molecule has 1 saturated carbocycles. The van der Waals surface area contributed by atoms with Crippen LogP contribution in [0.15, 0.2) is 102 Å². The van der Waals surface area contributed by atoms with E-state index in [1.54, 1.807) is 13.0 Å². The molecule has 0 unspecified atom stereocenters. The van der Waals surface area contributed by atoms with Crippen molar-refractivity contribution in [2.45, 2.75) is 69.1 Å². The highest BCUT2D eigenvalue weighted by Gasteiger charge is 2.68. The van der Waals surface area contributed by atoms with E-state index in [1.165, 1.54) is 41.0 Å². The Labute approximate surface area is 366 Å². The van der Waals surface area contributed by atoms with E-state index in [2.05, 4.69) is 65.1 Å². The number of primary amides is 1. The van der Waals surface area contributed by atoms with Crippen molar-refractivity contribution in [3.63, 3.8) is 0 Å². The molecule has 4 aromatic rings. The van der Waals surface area contributed by atoms with Gasteiger partial charge in [0.2, 0.25) is 11.7 Å². The largest absolute Gasteiger partial charge is 1.00 e. The number of phenolic OH excluding ortho intramolecular Hbond substituents is 1. The van der Waals surface area contributed by atoms with Crippen LogP contribution in [0, 0.1) is 11.8 Å². The summed E-state index contributed by atoms with van der Waals surface area (Å²) in [4.78, 5) is 54.6. The van der Waals surface area contributed by atoms with E-state index in [9.17, 15) is 44.7 Å². The van der Waals surface area contributed by atoms with Crippen LogP contribution in [0.4, 0.5) is 5.69 Å². The Morgan fingerprint density at radius 2 is 1.50 bits per heavy atom. The third-order valence-corrected chi connectivity index (χ3v) is 17.3. The Hall–Kier alpha value is -5.37. The highest BCUT2D eigenvalue weighted by atomic mass is 35.5. The summed E-state index contributed by atoms with van der Waals surface area (Å²) in [5, 5.41) is 69.2. The predicted octanol–water partition coefficient (Wildman–Crippen LogP) is 0.507. The normalized spacial score (nSPS) is 23.4. The van der Waals surface area contributed by atoms with Gasteiger partial charge in [0.1, 0.15) is 46.0 Å². The lowest BCUT2D eigenvalue weighted by atomic mass is 9.54. The molecule has 62 heavy (non-hydrogen) atoms. The standard InChI is InChI=1S/C46H52N5O9P.ClH/c1-26-30-21-22-31(39(53)34(30)40(54)35-33(26)41(55)37-38(50(2)3)42(56)36(45(47)59)44(58)46(37,60)43(35)57)49-32(52)20-14-6-5-7-15-23-61(27-16-10-8-11-17-27,28-18-12-9-13-19-28)29-24-48-51(4)25-29;/h8-13,16-19,21-22,24-26,33,37-38,41,55,60H,5-7,14-15,20,23H2,1-4H3,(H5-,47,49,52,53,54,56,57,58,59);1H/t26-,33+,37+,38-,41-,46-;/m0./s1. The summed E-state index contributed by atoms with van der Waals surface area (Å²) in [7, 11) is 2.86. The zero-order valence-electron chi connectivity index (χ0n) is 35.0. The molecule has 0 bridgehead atoms. The average Bonchev–Trinajstić information content (AvgIpc) is 3.67. The Balaban J connectivity index is 0.00000641. The van der Waals surface area contributed by atoms with Gasteiger partial charge in [-0.05, 0) is 75.2 Å². The second-order valence-electron chi connectivity index (χ2n) is 16.6. The number of aliphatic hydroxyl groups is 4. The van der Waals surface area contributed by atoms with Gasteiger partial charge in [-0.15, -0.1) is 0 Å². The number of likely N-dealkylation sites (N-methyl/N-ethyl adjacent to an activating group) is 1. The van der Waals surface area contributed by atoms with Gasteiger partial charge in [0.25, 0.3) is 5.91 Å². The third kappa shape index (κ3) is 7.62. The van der Waals surface area contributed by atoms with Crippen LogP contribution in [-0.2, 0) is 26.2 Å². The zero-order valence-corrected chi connectivity index (χ0v) is 36.7. The van der Waals surface area contributed by atoms with E-state index in [4.69, 9.17) is 5.73 Å². The number of amides is 2. The van der Waals surface area contributed by atoms with Gasteiger partial charge in [0, 0.05) is 25.0 Å². The summed E-state index contributed by atoms with van der Waals surface area (Å²) in [6.07, 6.45) is 7.83. The van der Waals surface area contributed by atoms with Crippen molar-refractivity contribution in [3.8, 4) is 5.75 Å². The van der Waals surface area contributed by atoms with Crippen molar-refractivity contribution >= 4 is 58.0 Å². The number of nitrogens with zero attached hydrogens (tertiary/aromatic N) is 3. The summed E-state index contributed by atoms with van der Waals surface area (Å²) in [6, 6.07) is 22.9. The molecule has 3 aliphatic rings. The van der Waals surface area contributed by atoms with Gasteiger partial charge in [0.05, 0.1) is 47.9 Å². The van der Waals surface area contributed by atoms with Crippen LogP contribution in [0.2, 0.25) is 0 Å². The molecule has 2 amide bonds. The number of hydrogen-bond acceptors (Lipinski definition) is 11. The van der Waals surface area contributed by atoms with Crippen LogP contribution in [-0.4, -0.2) is 102 Å². The Morgan fingerprint density at radius 3 is 2.06 bits per heavy atom. The van der Waals surface area contributed by atoms with Crippen LogP contribution in [0.25, 0.3) is 5.76 Å². The van der Waals surface area contributed by atoms with Gasteiger partial charge < -0.3 is 49.0 Å². The van der Waals surface area contributed by atoms with Gasteiger partial charge in [-0.3, -0.25) is 28.8 Å². The van der Waals surface area contributed by atoms with Crippen LogP contribution >= 0.6 is 7.26 Å². The van der Waals surface area contributed by atoms with E-state index in [0.29, 0.717) is 12.0 Å². The fraction of sp³-hybridized carbons (Fsp3) is 0.370. The first-order valence-corrected chi connectivity index (χ1v) is 22.5. The van der Waals surface area contributed by atoms with Crippen molar-refractivity contribution in [2.75, 3.05) is 25.6 Å². The quantitative estimate of drug-likeness (QED) is 0.0400. The second kappa shape index (κ2) is 18.2. The molecule has 3 aliphatic carbocycles. The number of ketones is 2. The van der Waals surface area contributed by atoms with Crippen molar-refractivity contribution in [1.82, 2.24) is 14.7 Å². The highest BCUT2D eigenvalue weighted by molar-refractivity contribution is 7.95. The summed E-state index contributed by atoms with van der Waals surface area (Å²) in [6.45, 7) is 1.65. The molecule has 0 radical (unpaired) electrons. The summed E-state index contributed by atoms with van der Waals surface area (Å²) in [5.41, 5.74) is 1.04. The van der Waals surface area contributed by atoms with Gasteiger partial charge in [0.15, 0.2) is 11.4 Å². The first-order valence-electron chi connectivity index (χ1n) is 20.5. The SMILES string of the molecule is C[C@H]1c2ccc(NC(=O)CCCCCCC[P+](c3ccccc3)(c3ccccc3)c3cnn(C)c3)c(O)c2C(O)=C2C(=O)[C@]3(O)C(O)=C(C(N)=O)C(=O)[C@@H](N(C)C)[C@@H]3[C@@H](O)[C@@H]21.[Cl-]. The topological polar surface area (TPSA) is 229 Å². The van der Waals surface area contributed by atoms with Crippen LogP contribution < -0.4 is 39.4 Å². The fourth-order valence-electron chi connectivity index (χ4n) is 9.90. The summed E-state index contributed by atoms with van der Waals surface area (Å²) >= 11 is 0. The number of aromatic nitrogens is 2. The number of anilines is 1. The van der Waals surface area contributed by atoms with Gasteiger partial charge in [-0.25, -0.2) is 0 Å². The first kappa shape index (κ1) is 46.1. The van der Waals surface area contributed by atoms with E-state index in [-0.39, 0.29) is 36.0 Å². The van der Waals surface area contributed by atoms with Crippen molar-refractivity contribution < 1.29 is 57.1 Å². The summed E-state index contributed by atoms with van der Waals surface area (Å²) in [5.74, 6) is -10.2. The lowest BCUT2D eigenvalue weighted by Crippen LogP contribution is -3.00. The number of nitrogens with one attached hydrogen (secondary N) is 1. The molecule has 1 fully saturated rings. The van der Waals surface area contributed by atoms with E-state index in [1.807, 2.05) is 30.1 Å². The molecule has 328 valence electrons. The molecule has 14 nitrogen and oxygen atoms in total. The number of halogens is 1. The van der Waals surface area contributed by atoms with E-state index >= 15 is 0 Å². The number of unbranched alkanes of at least 4 members (excludes halogenated alkanes) is 4. The number of fused-ring (bicyclic) bond motifs is 3. The van der Waals surface area contributed by atoms with Gasteiger partial charge in [-0.1, -0.05) is 62.2 Å². The number of aryl methyl sites for hydroxylation is 1.